The highest BCUT2D eigenvalue weighted by Crippen LogP contribution is 2.26. The van der Waals surface area contributed by atoms with E-state index in [0.717, 1.165) is 18.2 Å². The lowest BCUT2D eigenvalue weighted by Crippen LogP contribution is -2.45. The maximum Gasteiger partial charge on any atom is 0.349 e. The number of aromatic nitrogens is 1. The van der Waals surface area contributed by atoms with Gasteiger partial charge in [-0.15, -0.1) is 0 Å². The van der Waals surface area contributed by atoms with Gasteiger partial charge in [-0.05, 0) is 26.4 Å². The van der Waals surface area contributed by atoms with Gasteiger partial charge in [-0.2, -0.15) is 0 Å². The molecule has 0 radical (unpaired) electrons. The normalized spacial score (nSPS) is 20.7. The van der Waals surface area contributed by atoms with Gasteiger partial charge in [-0.3, -0.25) is 0 Å². The molecule has 0 amide bonds. The van der Waals surface area contributed by atoms with Crippen molar-refractivity contribution in [1.29, 1.82) is 0 Å². The van der Waals surface area contributed by atoms with Crippen LogP contribution in [0.3, 0.4) is 0 Å². The number of nitrogens with zero attached hydrogens (tertiary/aromatic N) is 3. The molecule has 2 rings (SSSR count). The number of likely N-dealkylation sites (tertiary alicyclic amines) is 1. The summed E-state index contributed by atoms with van der Waals surface area (Å²) in [6.45, 7) is 2.21. The third-order valence-electron chi connectivity index (χ3n) is 3.33. The van der Waals surface area contributed by atoms with Crippen molar-refractivity contribution in [3.05, 3.63) is 11.1 Å². The van der Waals surface area contributed by atoms with Gasteiger partial charge < -0.3 is 14.5 Å². The molecule has 0 spiro atoms. The fourth-order valence-corrected chi connectivity index (χ4v) is 3.10. The van der Waals surface area contributed by atoms with E-state index in [9.17, 15) is 4.79 Å². The third kappa shape index (κ3) is 2.81. The lowest BCUT2D eigenvalue weighted by atomic mass is 10.1. The maximum absolute atomic E-state index is 11.4. The predicted octanol–water partition coefficient (Wildman–Crippen LogP) is 1.46. The van der Waals surface area contributed by atoms with Gasteiger partial charge in [0.1, 0.15) is 4.88 Å². The van der Waals surface area contributed by atoms with Crippen LogP contribution in [0.5, 0.6) is 0 Å². The van der Waals surface area contributed by atoms with Gasteiger partial charge in [0.05, 0.1) is 13.3 Å². The zero-order chi connectivity index (χ0) is 13.1. The Morgan fingerprint density at radius 1 is 1.67 bits per heavy atom. The molecule has 1 fully saturated rings. The summed E-state index contributed by atoms with van der Waals surface area (Å²) < 4.78 is 4.70. The SMILES string of the molecule is COC(=O)c1cnc(N(C)C2CCCN(C)C2)s1. The van der Waals surface area contributed by atoms with Crippen molar-refractivity contribution < 1.29 is 9.53 Å². The second kappa shape index (κ2) is 5.67. The average molecular weight is 269 g/mol. The fourth-order valence-electron chi connectivity index (χ4n) is 2.23. The minimum atomic E-state index is -0.312. The van der Waals surface area contributed by atoms with Crippen LogP contribution in [0.15, 0.2) is 6.20 Å². The molecule has 5 nitrogen and oxygen atoms in total. The molecule has 0 saturated carbocycles. The number of hydrogen-bond acceptors (Lipinski definition) is 6. The number of ether oxygens (including phenoxy) is 1. The first-order valence-corrected chi connectivity index (χ1v) is 6.89. The van der Waals surface area contributed by atoms with E-state index < -0.39 is 0 Å². The lowest BCUT2D eigenvalue weighted by Gasteiger charge is -2.35. The number of likely N-dealkylation sites (N-methyl/N-ethyl adjacent to an activating group) is 2. The number of piperidine rings is 1. The molecule has 100 valence electrons. The molecule has 0 aliphatic carbocycles. The van der Waals surface area contributed by atoms with E-state index in [-0.39, 0.29) is 5.97 Å². The van der Waals surface area contributed by atoms with E-state index in [0.29, 0.717) is 10.9 Å². The zero-order valence-electron chi connectivity index (χ0n) is 11.0. The summed E-state index contributed by atoms with van der Waals surface area (Å²) in [5.74, 6) is -0.312. The minimum absolute atomic E-state index is 0.312. The molecule has 0 N–H and O–H groups in total. The first kappa shape index (κ1) is 13.3. The molecule has 1 aliphatic heterocycles. The van der Waals surface area contributed by atoms with Crippen LogP contribution in [0.4, 0.5) is 5.13 Å². The Bertz CT molecular complexity index is 421. The van der Waals surface area contributed by atoms with Gasteiger partial charge in [0.25, 0.3) is 0 Å². The van der Waals surface area contributed by atoms with Gasteiger partial charge in [0.2, 0.25) is 0 Å². The van der Waals surface area contributed by atoms with E-state index >= 15 is 0 Å². The number of esters is 1. The smallest absolute Gasteiger partial charge is 0.349 e. The molecule has 0 bridgehead atoms. The standard InChI is InChI=1S/C12H19N3O2S/c1-14-6-4-5-9(8-14)15(2)12-13-7-10(18-12)11(16)17-3/h7,9H,4-6,8H2,1-3H3. The van der Waals surface area contributed by atoms with E-state index in [2.05, 4.69) is 21.8 Å². The molecule has 2 heterocycles. The minimum Gasteiger partial charge on any atom is -0.465 e. The Balaban J connectivity index is 2.06. The Morgan fingerprint density at radius 3 is 3.11 bits per heavy atom. The van der Waals surface area contributed by atoms with Crippen LogP contribution in [-0.4, -0.2) is 56.2 Å². The highest BCUT2D eigenvalue weighted by Gasteiger charge is 2.23. The first-order chi connectivity index (χ1) is 8.61. The number of anilines is 1. The number of thiazole rings is 1. The monoisotopic (exact) mass is 269 g/mol. The molecule has 6 heteroatoms. The van der Waals surface area contributed by atoms with Crippen molar-refractivity contribution in [2.75, 3.05) is 39.2 Å². The molecule has 1 aromatic heterocycles. The Morgan fingerprint density at radius 2 is 2.44 bits per heavy atom. The summed E-state index contributed by atoms with van der Waals surface area (Å²) >= 11 is 1.39. The summed E-state index contributed by atoms with van der Waals surface area (Å²) in [5.41, 5.74) is 0. The molecule has 1 aliphatic rings. The van der Waals surface area contributed by atoms with Gasteiger partial charge in [0, 0.05) is 19.6 Å². The van der Waals surface area contributed by atoms with E-state index in [1.807, 2.05) is 7.05 Å². The van der Waals surface area contributed by atoms with Gasteiger partial charge in [-0.25, -0.2) is 9.78 Å². The Labute approximate surface area is 111 Å². The summed E-state index contributed by atoms with van der Waals surface area (Å²) in [6.07, 6.45) is 3.98. The second-order valence-corrected chi connectivity index (χ2v) is 5.68. The topological polar surface area (TPSA) is 45.7 Å². The van der Waals surface area contributed by atoms with Gasteiger partial charge >= 0.3 is 5.97 Å². The number of methoxy groups -OCH3 is 1. The highest BCUT2D eigenvalue weighted by molar-refractivity contribution is 7.17. The second-order valence-electron chi connectivity index (χ2n) is 4.67. The van der Waals surface area contributed by atoms with Crippen molar-refractivity contribution in [2.45, 2.75) is 18.9 Å². The molecule has 1 saturated heterocycles. The number of carbonyl (C=O) groups excluding carboxylic acids is 1. The van der Waals surface area contributed by atoms with Crippen molar-refractivity contribution in [3.63, 3.8) is 0 Å². The van der Waals surface area contributed by atoms with Crippen LogP contribution >= 0.6 is 11.3 Å². The molecule has 1 unspecified atom stereocenters. The average Bonchev–Trinajstić information content (AvgIpc) is 2.86. The Hall–Kier alpha value is -1.14. The number of carbonyl (C=O) groups is 1. The van der Waals surface area contributed by atoms with E-state index in [1.165, 1.54) is 31.3 Å². The maximum atomic E-state index is 11.4. The number of hydrogen-bond donors (Lipinski definition) is 0. The summed E-state index contributed by atoms with van der Waals surface area (Å²) in [5, 5.41) is 0.885. The Kier molecular flexibility index (Phi) is 4.19. The highest BCUT2D eigenvalue weighted by atomic mass is 32.1. The van der Waals surface area contributed by atoms with Gasteiger partial charge in [0.15, 0.2) is 5.13 Å². The van der Waals surface area contributed by atoms with Crippen molar-refractivity contribution in [3.8, 4) is 0 Å². The van der Waals surface area contributed by atoms with Crippen LogP contribution in [0.2, 0.25) is 0 Å². The summed E-state index contributed by atoms with van der Waals surface area (Å²) in [7, 11) is 5.58. The van der Waals surface area contributed by atoms with Gasteiger partial charge in [-0.1, -0.05) is 11.3 Å². The van der Waals surface area contributed by atoms with E-state index in [4.69, 9.17) is 4.74 Å². The summed E-state index contributed by atoms with van der Waals surface area (Å²) in [6, 6.07) is 0.473. The molecule has 1 atom stereocenters. The predicted molar refractivity (Wildman–Crippen MR) is 72.4 cm³/mol. The lowest BCUT2D eigenvalue weighted by molar-refractivity contribution is 0.0606. The fraction of sp³-hybridized carbons (Fsp3) is 0.667. The van der Waals surface area contributed by atoms with Crippen LogP contribution in [-0.2, 0) is 4.74 Å². The first-order valence-electron chi connectivity index (χ1n) is 6.07. The molecule has 1 aromatic rings. The molecule has 0 aromatic carbocycles. The molecule has 18 heavy (non-hydrogen) atoms. The van der Waals surface area contributed by atoms with E-state index in [1.54, 1.807) is 6.20 Å². The van der Waals surface area contributed by atoms with Crippen LogP contribution in [0, 0.1) is 0 Å². The van der Waals surface area contributed by atoms with Crippen LogP contribution < -0.4 is 4.90 Å². The molecular weight excluding hydrogens is 250 g/mol. The number of rotatable bonds is 3. The quantitative estimate of drug-likeness (QED) is 0.777. The molecular formula is C12H19N3O2S. The largest absolute Gasteiger partial charge is 0.465 e. The van der Waals surface area contributed by atoms with Crippen LogP contribution in [0.1, 0.15) is 22.5 Å². The van der Waals surface area contributed by atoms with Crippen molar-refractivity contribution >= 4 is 22.4 Å². The summed E-state index contributed by atoms with van der Waals surface area (Å²) in [4.78, 5) is 20.8. The third-order valence-corrected chi connectivity index (χ3v) is 4.40. The zero-order valence-corrected chi connectivity index (χ0v) is 11.9. The van der Waals surface area contributed by atoms with Crippen LogP contribution in [0.25, 0.3) is 0 Å². The van der Waals surface area contributed by atoms with Crippen molar-refractivity contribution in [2.24, 2.45) is 0 Å². The van der Waals surface area contributed by atoms with Crippen molar-refractivity contribution in [1.82, 2.24) is 9.88 Å².